The fourth-order valence-corrected chi connectivity index (χ4v) is 4.42. The first-order valence-corrected chi connectivity index (χ1v) is 11.5. The van der Waals surface area contributed by atoms with Gasteiger partial charge in [-0.25, -0.2) is 4.79 Å². The smallest absolute Gasteiger partial charge is 0.407 e. The van der Waals surface area contributed by atoms with Gasteiger partial charge in [-0.05, 0) is 65.7 Å². The van der Waals surface area contributed by atoms with Crippen molar-refractivity contribution in [1.29, 1.82) is 0 Å². The molecule has 0 saturated carbocycles. The van der Waals surface area contributed by atoms with E-state index in [1.165, 1.54) is 0 Å². The van der Waals surface area contributed by atoms with Gasteiger partial charge in [0.25, 0.3) is 5.91 Å². The van der Waals surface area contributed by atoms with Gasteiger partial charge in [0.05, 0.1) is 5.56 Å². The van der Waals surface area contributed by atoms with E-state index >= 15 is 0 Å². The number of likely N-dealkylation sites (tertiary alicyclic amines) is 1. The van der Waals surface area contributed by atoms with Gasteiger partial charge in [0.1, 0.15) is 18.8 Å². The molecule has 0 atom stereocenters. The summed E-state index contributed by atoms with van der Waals surface area (Å²) in [5, 5.41) is 2.92. The molecule has 8 nitrogen and oxygen atoms in total. The largest absolute Gasteiger partial charge is 0.486 e. The van der Waals surface area contributed by atoms with E-state index in [9.17, 15) is 9.59 Å². The third-order valence-corrected chi connectivity index (χ3v) is 5.95. The number of rotatable bonds is 3. The van der Waals surface area contributed by atoms with Gasteiger partial charge >= 0.3 is 6.09 Å². The van der Waals surface area contributed by atoms with Crippen LogP contribution in [-0.4, -0.2) is 59.4 Å². The minimum atomic E-state index is -0.527. The highest BCUT2D eigenvalue weighted by atomic mass is 16.6. The Kier molecular flexibility index (Phi) is 6.28. The van der Waals surface area contributed by atoms with Crippen molar-refractivity contribution in [3.63, 3.8) is 0 Å². The Morgan fingerprint density at radius 3 is 2.36 bits per heavy atom. The van der Waals surface area contributed by atoms with Crippen LogP contribution in [0.4, 0.5) is 4.79 Å². The maximum Gasteiger partial charge on any atom is 0.407 e. The highest BCUT2D eigenvalue weighted by Gasteiger charge is 2.28. The Morgan fingerprint density at radius 2 is 1.70 bits per heavy atom. The molecule has 2 aliphatic rings. The molecular weight excluding hydrogens is 422 g/mol. The number of nitrogens with zero attached hydrogens (tertiary/aromatic N) is 2. The van der Waals surface area contributed by atoms with Gasteiger partial charge in [-0.15, -0.1) is 0 Å². The minimum Gasteiger partial charge on any atom is -0.486 e. The first-order chi connectivity index (χ1) is 15.6. The molecule has 1 aromatic carbocycles. The fourth-order valence-electron chi connectivity index (χ4n) is 4.42. The molecule has 2 aliphatic heterocycles. The lowest BCUT2D eigenvalue weighted by molar-refractivity contribution is 0.0473. The highest BCUT2D eigenvalue weighted by molar-refractivity contribution is 5.96. The van der Waals surface area contributed by atoms with E-state index in [4.69, 9.17) is 14.2 Å². The number of hydrogen-bond donors (Lipinski definition) is 1. The average Bonchev–Trinajstić information content (AvgIpc) is 3.06. The summed E-state index contributed by atoms with van der Waals surface area (Å²) in [4.78, 5) is 27.2. The zero-order chi connectivity index (χ0) is 23.8. The number of aryl methyl sites for hydroxylation is 1. The van der Waals surface area contributed by atoms with Gasteiger partial charge in [0, 0.05) is 42.3 Å². The van der Waals surface area contributed by atoms with E-state index in [-0.39, 0.29) is 11.9 Å². The van der Waals surface area contributed by atoms with Crippen LogP contribution in [0.3, 0.4) is 0 Å². The van der Waals surface area contributed by atoms with Crippen LogP contribution in [0.5, 0.6) is 11.5 Å². The van der Waals surface area contributed by atoms with Gasteiger partial charge in [0.15, 0.2) is 11.5 Å². The number of carbonyl (C=O) groups is 2. The van der Waals surface area contributed by atoms with Crippen molar-refractivity contribution in [1.82, 2.24) is 14.8 Å². The topological polar surface area (TPSA) is 82.0 Å². The Bertz CT molecular complexity index is 1050. The predicted molar refractivity (Wildman–Crippen MR) is 125 cm³/mol. The SMILES string of the molecule is Cc1cc(C(=O)N2CCC(NC(=O)OC(C)(C)C)CC2)c(C)n1-c1ccc2c(c1)OCCO2. The first kappa shape index (κ1) is 23.0. The monoisotopic (exact) mass is 455 g/mol. The maximum atomic E-state index is 13.3. The molecule has 8 heteroatoms. The summed E-state index contributed by atoms with van der Waals surface area (Å²) in [6.45, 7) is 11.8. The summed E-state index contributed by atoms with van der Waals surface area (Å²) in [6.07, 6.45) is 0.993. The third kappa shape index (κ3) is 5.10. The Morgan fingerprint density at radius 1 is 1.03 bits per heavy atom. The number of ether oxygens (including phenoxy) is 3. The predicted octanol–water partition coefficient (Wildman–Crippen LogP) is 3.99. The van der Waals surface area contributed by atoms with E-state index in [0.717, 1.165) is 28.6 Å². The van der Waals surface area contributed by atoms with Crippen molar-refractivity contribution < 1.29 is 23.8 Å². The van der Waals surface area contributed by atoms with E-state index in [2.05, 4.69) is 9.88 Å². The van der Waals surface area contributed by atoms with Crippen molar-refractivity contribution in [2.75, 3.05) is 26.3 Å². The fraction of sp³-hybridized carbons (Fsp3) is 0.520. The zero-order valence-corrected chi connectivity index (χ0v) is 20.1. The normalized spacial score (nSPS) is 16.5. The second-order valence-corrected chi connectivity index (χ2v) is 9.66. The lowest BCUT2D eigenvalue weighted by Crippen LogP contribution is -2.47. The molecule has 0 aliphatic carbocycles. The zero-order valence-electron chi connectivity index (χ0n) is 20.1. The molecule has 4 rings (SSSR count). The molecule has 178 valence electrons. The van der Waals surface area contributed by atoms with Gasteiger partial charge < -0.3 is 29.0 Å². The summed E-state index contributed by atoms with van der Waals surface area (Å²) < 4.78 is 18.8. The molecule has 0 spiro atoms. The van der Waals surface area contributed by atoms with Crippen molar-refractivity contribution in [3.05, 3.63) is 41.2 Å². The first-order valence-electron chi connectivity index (χ1n) is 11.5. The van der Waals surface area contributed by atoms with Crippen LogP contribution in [0.15, 0.2) is 24.3 Å². The van der Waals surface area contributed by atoms with Crippen LogP contribution < -0.4 is 14.8 Å². The number of carbonyl (C=O) groups excluding carboxylic acids is 2. The molecule has 33 heavy (non-hydrogen) atoms. The van der Waals surface area contributed by atoms with Crippen LogP contribution in [0.2, 0.25) is 0 Å². The highest BCUT2D eigenvalue weighted by Crippen LogP contribution is 2.33. The number of amides is 2. The Balaban J connectivity index is 1.43. The second kappa shape index (κ2) is 9.00. The van der Waals surface area contributed by atoms with Gasteiger partial charge in [-0.3, -0.25) is 4.79 Å². The van der Waals surface area contributed by atoms with Crippen LogP contribution in [0.1, 0.15) is 55.4 Å². The second-order valence-electron chi connectivity index (χ2n) is 9.66. The minimum absolute atomic E-state index is 0.00838. The average molecular weight is 456 g/mol. The number of hydrogen-bond acceptors (Lipinski definition) is 5. The molecule has 1 saturated heterocycles. The number of alkyl carbamates (subject to hydrolysis) is 1. The Hall–Kier alpha value is -3.16. The number of benzene rings is 1. The van der Waals surface area contributed by atoms with Crippen LogP contribution in [-0.2, 0) is 4.74 Å². The molecule has 1 N–H and O–H groups in total. The lowest BCUT2D eigenvalue weighted by Gasteiger charge is -2.33. The van der Waals surface area contributed by atoms with Crippen LogP contribution in [0.25, 0.3) is 5.69 Å². The number of fused-ring (bicyclic) bond motifs is 1. The number of aromatic nitrogens is 1. The molecule has 2 amide bonds. The van der Waals surface area contributed by atoms with Crippen molar-refractivity contribution in [2.45, 2.75) is 59.1 Å². The maximum absolute atomic E-state index is 13.3. The van der Waals surface area contributed by atoms with E-state index in [1.54, 1.807) is 0 Å². The van der Waals surface area contributed by atoms with Crippen molar-refractivity contribution in [2.24, 2.45) is 0 Å². The summed E-state index contributed by atoms with van der Waals surface area (Å²) >= 11 is 0. The van der Waals surface area contributed by atoms with E-state index < -0.39 is 11.7 Å². The van der Waals surface area contributed by atoms with Crippen molar-refractivity contribution in [3.8, 4) is 17.2 Å². The molecule has 1 fully saturated rings. The van der Waals surface area contributed by atoms with Crippen molar-refractivity contribution >= 4 is 12.0 Å². The molecule has 0 radical (unpaired) electrons. The number of nitrogens with one attached hydrogen (secondary N) is 1. The molecular formula is C25H33N3O5. The molecule has 0 bridgehead atoms. The quantitative estimate of drug-likeness (QED) is 0.757. The molecule has 2 aromatic rings. The molecule has 3 heterocycles. The van der Waals surface area contributed by atoms with Crippen LogP contribution >= 0.6 is 0 Å². The standard InChI is InChI=1S/C25H33N3O5/c1-16-14-20(17(2)28(16)19-6-7-21-22(15-19)32-13-12-31-21)23(29)27-10-8-18(9-11-27)26-24(30)33-25(3,4)5/h6-7,14-15,18H,8-13H2,1-5H3,(H,26,30). The lowest BCUT2D eigenvalue weighted by atomic mass is 10.0. The summed E-state index contributed by atoms with van der Waals surface area (Å²) in [6, 6.07) is 7.80. The summed E-state index contributed by atoms with van der Waals surface area (Å²) in [7, 11) is 0. The van der Waals surface area contributed by atoms with Gasteiger partial charge in [-0.1, -0.05) is 0 Å². The van der Waals surface area contributed by atoms with Gasteiger partial charge in [-0.2, -0.15) is 0 Å². The summed E-state index contributed by atoms with van der Waals surface area (Å²) in [5.74, 6) is 1.48. The number of piperidine rings is 1. The van der Waals surface area contributed by atoms with E-state index in [0.29, 0.717) is 44.7 Å². The Labute approximate surface area is 194 Å². The molecule has 0 unspecified atom stereocenters. The molecule has 1 aromatic heterocycles. The summed E-state index contributed by atoms with van der Waals surface area (Å²) in [5.41, 5.74) is 2.98. The van der Waals surface area contributed by atoms with Crippen LogP contribution in [0, 0.1) is 13.8 Å². The van der Waals surface area contributed by atoms with Gasteiger partial charge in [0.2, 0.25) is 0 Å². The third-order valence-electron chi connectivity index (χ3n) is 5.95. The van der Waals surface area contributed by atoms with E-state index in [1.807, 2.05) is 63.8 Å².